The summed E-state index contributed by atoms with van der Waals surface area (Å²) in [6.07, 6.45) is 7.45. The fourth-order valence-corrected chi connectivity index (χ4v) is 4.88. The maximum absolute atomic E-state index is 13.2. The monoisotopic (exact) mass is 349 g/mol. The molecule has 1 aromatic heterocycles. The van der Waals surface area contributed by atoms with Crippen LogP contribution in [0, 0.1) is 0 Å². The van der Waals surface area contributed by atoms with E-state index >= 15 is 0 Å². The number of sulfonamides is 1. The van der Waals surface area contributed by atoms with Gasteiger partial charge >= 0.3 is 0 Å². The highest BCUT2D eigenvalue weighted by Gasteiger charge is 2.34. The summed E-state index contributed by atoms with van der Waals surface area (Å²) in [6.45, 7) is 0.536. The van der Waals surface area contributed by atoms with E-state index < -0.39 is 10.0 Å². The Hall–Kier alpha value is -1.86. The third-order valence-corrected chi connectivity index (χ3v) is 6.40. The van der Waals surface area contributed by atoms with E-state index in [9.17, 15) is 8.42 Å². The molecular weight excluding hydrogens is 326 g/mol. The van der Waals surface area contributed by atoms with Crippen molar-refractivity contribution in [2.75, 3.05) is 13.7 Å². The number of methoxy groups -OCH3 is 1. The summed E-state index contributed by atoms with van der Waals surface area (Å²) < 4.78 is 34.9. The van der Waals surface area contributed by atoms with Crippen LogP contribution in [-0.4, -0.2) is 36.2 Å². The second-order valence-electron chi connectivity index (χ2n) is 6.10. The van der Waals surface area contributed by atoms with E-state index in [2.05, 4.69) is 5.10 Å². The largest absolute Gasteiger partial charge is 0.497 e. The normalized spacial score (nSPS) is 19.8. The van der Waals surface area contributed by atoms with Crippen LogP contribution in [0.1, 0.15) is 37.3 Å². The molecule has 2 aromatic rings. The Kier molecular flexibility index (Phi) is 4.91. The van der Waals surface area contributed by atoms with Crippen molar-refractivity contribution in [1.29, 1.82) is 0 Å². The molecule has 1 saturated heterocycles. The van der Waals surface area contributed by atoms with Gasteiger partial charge in [0.15, 0.2) is 0 Å². The molecule has 0 unspecified atom stereocenters. The van der Waals surface area contributed by atoms with Gasteiger partial charge in [0.25, 0.3) is 0 Å². The van der Waals surface area contributed by atoms with Crippen LogP contribution in [0.25, 0.3) is 0 Å². The Morgan fingerprint density at radius 2 is 1.92 bits per heavy atom. The van der Waals surface area contributed by atoms with Crippen molar-refractivity contribution < 1.29 is 13.2 Å². The molecule has 1 atom stereocenters. The van der Waals surface area contributed by atoms with Gasteiger partial charge in [0, 0.05) is 25.4 Å². The van der Waals surface area contributed by atoms with Crippen LogP contribution >= 0.6 is 0 Å². The Morgan fingerprint density at radius 1 is 1.17 bits per heavy atom. The molecule has 1 aliphatic heterocycles. The number of nitrogens with zero attached hydrogens (tertiary/aromatic N) is 3. The summed E-state index contributed by atoms with van der Waals surface area (Å²) >= 11 is 0. The van der Waals surface area contributed by atoms with Crippen molar-refractivity contribution in [3.63, 3.8) is 0 Å². The van der Waals surface area contributed by atoms with Crippen molar-refractivity contribution >= 4 is 10.0 Å². The van der Waals surface area contributed by atoms with Crippen LogP contribution in [0.15, 0.2) is 41.6 Å². The van der Waals surface area contributed by atoms with Crippen molar-refractivity contribution in [3.8, 4) is 5.75 Å². The standard InChI is InChI=1S/C17H23N3O3S/c1-19-13-14(12-18-19)17-6-4-3-5-11-20(17)24(21,22)16-9-7-15(23-2)8-10-16/h7-10,12-13,17H,3-6,11H2,1-2H3/t17-/m1/s1. The van der Waals surface area contributed by atoms with Gasteiger partial charge in [0.05, 0.1) is 24.2 Å². The number of rotatable bonds is 4. The summed E-state index contributed by atoms with van der Waals surface area (Å²) in [6, 6.07) is 6.43. The van der Waals surface area contributed by atoms with E-state index in [1.165, 1.54) is 0 Å². The molecule has 0 spiro atoms. The summed E-state index contributed by atoms with van der Waals surface area (Å²) in [5, 5.41) is 4.21. The molecule has 0 aliphatic carbocycles. The molecule has 24 heavy (non-hydrogen) atoms. The third-order valence-electron chi connectivity index (χ3n) is 4.48. The Balaban J connectivity index is 1.97. The van der Waals surface area contributed by atoms with Crippen LogP contribution in [0.2, 0.25) is 0 Å². The first kappa shape index (κ1) is 17.0. The first-order valence-corrected chi connectivity index (χ1v) is 9.61. The van der Waals surface area contributed by atoms with Crippen LogP contribution in [0.4, 0.5) is 0 Å². The zero-order valence-electron chi connectivity index (χ0n) is 14.1. The third kappa shape index (κ3) is 3.32. The van der Waals surface area contributed by atoms with E-state index in [4.69, 9.17) is 4.74 Å². The van der Waals surface area contributed by atoms with E-state index in [0.717, 1.165) is 31.2 Å². The second kappa shape index (κ2) is 6.94. The number of aryl methyl sites for hydroxylation is 1. The van der Waals surface area contributed by atoms with Crippen molar-refractivity contribution in [1.82, 2.24) is 14.1 Å². The lowest BCUT2D eigenvalue weighted by Crippen LogP contribution is -2.34. The van der Waals surface area contributed by atoms with Gasteiger partial charge < -0.3 is 4.74 Å². The Labute approximate surface area is 143 Å². The van der Waals surface area contributed by atoms with Gasteiger partial charge in [0.1, 0.15) is 5.75 Å². The smallest absolute Gasteiger partial charge is 0.243 e. The molecule has 1 aliphatic rings. The molecule has 3 rings (SSSR count). The summed E-state index contributed by atoms with van der Waals surface area (Å²) in [5.41, 5.74) is 0.955. The van der Waals surface area contributed by atoms with Gasteiger partial charge in [-0.3, -0.25) is 4.68 Å². The minimum atomic E-state index is -3.56. The van der Waals surface area contributed by atoms with E-state index in [0.29, 0.717) is 17.2 Å². The average molecular weight is 349 g/mol. The van der Waals surface area contributed by atoms with Crippen LogP contribution in [0.3, 0.4) is 0 Å². The van der Waals surface area contributed by atoms with Gasteiger partial charge in [-0.2, -0.15) is 9.40 Å². The second-order valence-corrected chi connectivity index (χ2v) is 7.99. The lowest BCUT2D eigenvalue weighted by molar-refractivity contribution is 0.328. The van der Waals surface area contributed by atoms with E-state index in [-0.39, 0.29) is 6.04 Å². The number of hydrogen-bond donors (Lipinski definition) is 0. The quantitative estimate of drug-likeness (QED) is 0.851. The lowest BCUT2D eigenvalue weighted by Gasteiger charge is -2.28. The molecule has 0 amide bonds. The van der Waals surface area contributed by atoms with Crippen molar-refractivity contribution in [2.45, 2.75) is 36.6 Å². The maximum atomic E-state index is 13.2. The number of aromatic nitrogens is 2. The summed E-state index contributed by atoms with van der Waals surface area (Å²) in [5.74, 6) is 0.647. The van der Waals surface area contributed by atoms with Crippen molar-refractivity contribution in [3.05, 3.63) is 42.2 Å². The Morgan fingerprint density at radius 3 is 2.54 bits per heavy atom. The molecule has 130 valence electrons. The minimum absolute atomic E-state index is 0.159. The van der Waals surface area contributed by atoms with E-state index in [1.54, 1.807) is 46.6 Å². The fourth-order valence-electron chi connectivity index (χ4n) is 3.20. The predicted molar refractivity (Wildman–Crippen MR) is 91.3 cm³/mol. The SMILES string of the molecule is COc1ccc(S(=O)(=O)N2CCCCC[C@@H]2c2cnn(C)c2)cc1. The molecule has 0 radical (unpaired) electrons. The predicted octanol–water partition coefficient (Wildman–Crippen LogP) is 2.73. The van der Waals surface area contributed by atoms with Crippen LogP contribution in [0.5, 0.6) is 5.75 Å². The maximum Gasteiger partial charge on any atom is 0.243 e. The first-order valence-electron chi connectivity index (χ1n) is 8.17. The zero-order chi connectivity index (χ0) is 17.2. The molecular formula is C17H23N3O3S. The van der Waals surface area contributed by atoms with Gasteiger partial charge in [-0.1, -0.05) is 12.8 Å². The molecule has 0 N–H and O–H groups in total. The summed E-state index contributed by atoms with van der Waals surface area (Å²) in [7, 11) is -0.142. The molecule has 7 heteroatoms. The molecule has 0 saturated carbocycles. The Bertz CT molecular complexity index is 784. The highest BCUT2D eigenvalue weighted by molar-refractivity contribution is 7.89. The highest BCUT2D eigenvalue weighted by atomic mass is 32.2. The van der Waals surface area contributed by atoms with Crippen LogP contribution in [-0.2, 0) is 17.1 Å². The number of ether oxygens (including phenoxy) is 1. The fraction of sp³-hybridized carbons (Fsp3) is 0.471. The minimum Gasteiger partial charge on any atom is -0.497 e. The topological polar surface area (TPSA) is 64.4 Å². The van der Waals surface area contributed by atoms with Gasteiger partial charge in [-0.15, -0.1) is 0 Å². The number of benzene rings is 1. The lowest BCUT2D eigenvalue weighted by atomic mass is 10.1. The average Bonchev–Trinajstić information content (AvgIpc) is 2.86. The molecule has 1 aromatic carbocycles. The van der Waals surface area contributed by atoms with E-state index in [1.807, 2.05) is 13.2 Å². The van der Waals surface area contributed by atoms with Gasteiger partial charge in [-0.05, 0) is 37.1 Å². The van der Waals surface area contributed by atoms with Gasteiger partial charge in [-0.25, -0.2) is 8.42 Å². The highest BCUT2D eigenvalue weighted by Crippen LogP contribution is 2.34. The summed E-state index contributed by atoms with van der Waals surface area (Å²) in [4.78, 5) is 0.305. The molecule has 2 heterocycles. The van der Waals surface area contributed by atoms with Crippen molar-refractivity contribution in [2.24, 2.45) is 7.05 Å². The molecule has 6 nitrogen and oxygen atoms in total. The molecule has 0 bridgehead atoms. The molecule has 1 fully saturated rings. The van der Waals surface area contributed by atoms with Gasteiger partial charge in [0.2, 0.25) is 10.0 Å². The zero-order valence-corrected chi connectivity index (χ0v) is 14.9. The van der Waals surface area contributed by atoms with Crippen LogP contribution < -0.4 is 4.74 Å². The first-order chi connectivity index (χ1) is 11.5. The number of hydrogen-bond acceptors (Lipinski definition) is 4.